The zero-order valence-electron chi connectivity index (χ0n) is 16.8. The molecule has 1 aliphatic heterocycles. The van der Waals surface area contributed by atoms with E-state index in [9.17, 15) is 4.79 Å². The summed E-state index contributed by atoms with van der Waals surface area (Å²) >= 11 is 0. The summed E-state index contributed by atoms with van der Waals surface area (Å²) in [6.45, 7) is 4.09. The zero-order chi connectivity index (χ0) is 20.1. The summed E-state index contributed by atoms with van der Waals surface area (Å²) in [6.07, 6.45) is 3.20. The molecule has 1 atom stereocenters. The molecule has 6 heteroatoms. The van der Waals surface area contributed by atoms with E-state index in [1.807, 2.05) is 55.5 Å². The van der Waals surface area contributed by atoms with E-state index in [2.05, 4.69) is 15.2 Å². The normalized spacial score (nSPS) is 16.3. The lowest BCUT2D eigenvalue weighted by atomic mass is 10.1. The first-order chi connectivity index (χ1) is 14.2. The van der Waals surface area contributed by atoms with Gasteiger partial charge in [0.2, 0.25) is 5.91 Å². The fraction of sp³-hybridized carbons (Fsp3) is 0.391. The van der Waals surface area contributed by atoms with Gasteiger partial charge >= 0.3 is 0 Å². The molecule has 2 aromatic carbocycles. The fourth-order valence-electron chi connectivity index (χ4n) is 3.86. The smallest absolute Gasteiger partial charge is 0.298 e. The fourth-order valence-corrected chi connectivity index (χ4v) is 3.86. The maximum absolute atomic E-state index is 12.4. The van der Waals surface area contributed by atoms with Crippen LogP contribution >= 0.6 is 0 Å². The molecule has 0 radical (unpaired) electrons. The topological polar surface area (TPSA) is 67.6 Å². The van der Waals surface area contributed by atoms with Crippen LogP contribution in [-0.4, -0.2) is 36.6 Å². The second-order valence-electron chi connectivity index (χ2n) is 7.30. The summed E-state index contributed by atoms with van der Waals surface area (Å²) in [4.78, 5) is 19.2. The Labute approximate surface area is 170 Å². The van der Waals surface area contributed by atoms with Gasteiger partial charge in [0, 0.05) is 19.5 Å². The van der Waals surface area contributed by atoms with Gasteiger partial charge in [0.15, 0.2) is 5.58 Å². The van der Waals surface area contributed by atoms with Crippen molar-refractivity contribution in [3.05, 3.63) is 54.1 Å². The molecule has 1 saturated heterocycles. The van der Waals surface area contributed by atoms with Crippen molar-refractivity contribution in [2.75, 3.05) is 24.6 Å². The number of rotatable bonds is 8. The van der Waals surface area contributed by atoms with Gasteiger partial charge in [-0.3, -0.25) is 4.79 Å². The molecule has 6 nitrogen and oxygen atoms in total. The van der Waals surface area contributed by atoms with E-state index in [1.165, 1.54) is 0 Å². The van der Waals surface area contributed by atoms with Crippen molar-refractivity contribution >= 4 is 23.0 Å². The summed E-state index contributed by atoms with van der Waals surface area (Å²) < 4.78 is 11.6. The number of aryl methyl sites for hydroxylation is 1. The Bertz CT molecular complexity index is 936. The summed E-state index contributed by atoms with van der Waals surface area (Å²) in [6, 6.07) is 16.5. The van der Waals surface area contributed by atoms with Gasteiger partial charge in [-0.15, -0.1) is 0 Å². The minimum Gasteiger partial charge on any atom is -0.494 e. The maximum atomic E-state index is 12.4. The number of oxazole rings is 1. The van der Waals surface area contributed by atoms with Crippen LogP contribution in [0.25, 0.3) is 11.1 Å². The number of para-hydroxylation sites is 3. The van der Waals surface area contributed by atoms with Crippen LogP contribution in [0.4, 0.5) is 6.01 Å². The van der Waals surface area contributed by atoms with Crippen LogP contribution < -0.4 is 15.0 Å². The second kappa shape index (κ2) is 8.99. The monoisotopic (exact) mass is 393 g/mol. The van der Waals surface area contributed by atoms with Crippen molar-refractivity contribution in [3.8, 4) is 5.75 Å². The van der Waals surface area contributed by atoms with Crippen molar-refractivity contribution in [2.24, 2.45) is 0 Å². The van der Waals surface area contributed by atoms with E-state index in [1.54, 1.807) is 0 Å². The number of carbonyl (C=O) groups is 1. The molecule has 2 heterocycles. The van der Waals surface area contributed by atoms with Crippen molar-refractivity contribution in [2.45, 2.75) is 38.6 Å². The molecule has 0 aliphatic carbocycles. The number of benzene rings is 2. The Morgan fingerprint density at radius 2 is 2.07 bits per heavy atom. The number of ether oxygens (including phenoxy) is 1. The zero-order valence-corrected chi connectivity index (χ0v) is 16.8. The molecule has 4 rings (SSSR count). The van der Waals surface area contributed by atoms with E-state index in [0.717, 1.165) is 41.8 Å². The third-order valence-corrected chi connectivity index (χ3v) is 5.33. The van der Waals surface area contributed by atoms with E-state index >= 15 is 0 Å². The van der Waals surface area contributed by atoms with E-state index in [-0.39, 0.29) is 11.9 Å². The van der Waals surface area contributed by atoms with Gasteiger partial charge in [-0.05, 0) is 49.9 Å². The summed E-state index contributed by atoms with van der Waals surface area (Å²) in [7, 11) is 0. The Balaban J connectivity index is 1.31. The van der Waals surface area contributed by atoms with Crippen LogP contribution in [0.3, 0.4) is 0 Å². The van der Waals surface area contributed by atoms with Crippen molar-refractivity contribution < 1.29 is 13.9 Å². The molecule has 29 heavy (non-hydrogen) atoms. The average Bonchev–Trinajstić information content (AvgIpc) is 3.38. The van der Waals surface area contributed by atoms with Gasteiger partial charge in [0.1, 0.15) is 11.3 Å². The molecular weight excluding hydrogens is 366 g/mol. The van der Waals surface area contributed by atoms with Crippen molar-refractivity contribution in [3.63, 3.8) is 0 Å². The second-order valence-corrected chi connectivity index (χ2v) is 7.30. The molecule has 3 aromatic rings. The number of fused-ring (bicyclic) bond motifs is 1. The molecule has 1 unspecified atom stereocenters. The molecular formula is C23H27N3O3. The summed E-state index contributed by atoms with van der Waals surface area (Å²) in [5.74, 6) is 0.918. The van der Waals surface area contributed by atoms with Gasteiger partial charge in [-0.1, -0.05) is 30.3 Å². The summed E-state index contributed by atoms with van der Waals surface area (Å²) in [5, 5.41) is 3.09. The number of amides is 1. The van der Waals surface area contributed by atoms with Crippen molar-refractivity contribution in [1.82, 2.24) is 10.3 Å². The lowest BCUT2D eigenvalue weighted by Gasteiger charge is -2.23. The van der Waals surface area contributed by atoms with Crippen LogP contribution in [0.2, 0.25) is 0 Å². The number of anilines is 1. The average molecular weight is 393 g/mol. The Morgan fingerprint density at radius 1 is 1.24 bits per heavy atom. The summed E-state index contributed by atoms with van der Waals surface area (Å²) in [5.41, 5.74) is 2.73. The van der Waals surface area contributed by atoms with Crippen LogP contribution in [0.15, 0.2) is 52.9 Å². The quantitative estimate of drug-likeness (QED) is 0.628. The Kier molecular flexibility index (Phi) is 5.98. The van der Waals surface area contributed by atoms with Gasteiger partial charge in [0.25, 0.3) is 6.01 Å². The van der Waals surface area contributed by atoms with Gasteiger partial charge in [0.05, 0.1) is 12.6 Å². The minimum atomic E-state index is 0.0562. The number of nitrogens with zero attached hydrogens (tertiary/aromatic N) is 2. The van der Waals surface area contributed by atoms with E-state index in [4.69, 9.17) is 9.15 Å². The number of nitrogens with one attached hydrogen (secondary N) is 1. The molecule has 1 aromatic heterocycles. The van der Waals surface area contributed by atoms with Gasteiger partial charge < -0.3 is 19.4 Å². The molecule has 1 N–H and O–H groups in total. The molecule has 1 aliphatic rings. The Hall–Kier alpha value is -3.02. The third kappa shape index (κ3) is 4.53. The molecule has 0 spiro atoms. The van der Waals surface area contributed by atoms with Gasteiger partial charge in [-0.2, -0.15) is 4.98 Å². The van der Waals surface area contributed by atoms with Crippen molar-refractivity contribution in [1.29, 1.82) is 0 Å². The van der Waals surface area contributed by atoms with Crippen LogP contribution in [-0.2, 0) is 11.2 Å². The van der Waals surface area contributed by atoms with E-state index in [0.29, 0.717) is 32.0 Å². The molecule has 152 valence electrons. The first kappa shape index (κ1) is 19.3. The van der Waals surface area contributed by atoms with Crippen LogP contribution in [0.5, 0.6) is 5.75 Å². The molecule has 0 saturated carbocycles. The van der Waals surface area contributed by atoms with Crippen LogP contribution in [0.1, 0.15) is 31.7 Å². The molecule has 0 bridgehead atoms. The first-order valence-corrected chi connectivity index (χ1v) is 10.3. The van der Waals surface area contributed by atoms with Gasteiger partial charge in [-0.25, -0.2) is 0 Å². The highest BCUT2D eigenvalue weighted by atomic mass is 16.5. The molecule has 1 amide bonds. The van der Waals surface area contributed by atoms with Crippen LogP contribution in [0, 0.1) is 0 Å². The minimum absolute atomic E-state index is 0.0562. The maximum Gasteiger partial charge on any atom is 0.298 e. The standard InChI is InChI=1S/C23H27N3O3/c1-2-28-20-11-5-3-8-17(20)13-14-22(27)24-16-18-9-7-15-26(18)23-25-19-10-4-6-12-21(19)29-23/h3-6,8,10-12,18H,2,7,9,13-16H2,1H3,(H,24,27). The highest BCUT2D eigenvalue weighted by Gasteiger charge is 2.28. The lowest BCUT2D eigenvalue weighted by molar-refractivity contribution is -0.121. The third-order valence-electron chi connectivity index (χ3n) is 5.33. The Morgan fingerprint density at radius 3 is 2.93 bits per heavy atom. The predicted octanol–water partition coefficient (Wildman–Crippen LogP) is 3.94. The lowest BCUT2D eigenvalue weighted by Crippen LogP contribution is -2.40. The number of aromatic nitrogens is 1. The highest BCUT2D eigenvalue weighted by molar-refractivity contribution is 5.76. The highest BCUT2D eigenvalue weighted by Crippen LogP contribution is 2.28. The molecule has 1 fully saturated rings. The largest absolute Gasteiger partial charge is 0.494 e. The first-order valence-electron chi connectivity index (χ1n) is 10.3. The number of hydrogen-bond donors (Lipinski definition) is 1. The number of carbonyl (C=O) groups excluding carboxylic acids is 1. The SMILES string of the molecule is CCOc1ccccc1CCC(=O)NCC1CCCN1c1nc2ccccc2o1. The van der Waals surface area contributed by atoms with E-state index < -0.39 is 0 Å². The predicted molar refractivity (Wildman–Crippen MR) is 113 cm³/mol. The number of hydrogen-bond acceptors (Lipinski definition) is 5.